The summed E-state index contributed by atoms with van der Waals surface area (Å²) in [7, 11) is 1.64. The normalized spacial score (nSPS) is 18.0. The summed E-state index contributed by atoms with van der Waals surface area (Å²) in [4.78, 5) is 1.06. The second kappa shape index (κ2) is 4.47. The van der Waals surface area contributed by atoms with E-state index >= 15 is 0 Å². The van der Waals surface area contributed by atoms with Gasteiger partial charge in [0.25, 0.3) is 0 Å². The minimum atomic E-state index is -0.166. The topological polar surface area (TPSA) is 35.2 Å². The van der Waals surface area contributed by atoms with Crippen LogP contribution < -0.4 is 10.5 Å². The summed E-state index contributed by atoms with van der Waals surface area (Å²) in [6, 6.07) is 4.05. The Balaban J connectivity index is 2.45. The van der Waals surface area contributed by atoms with Crippen molar-refractivity contribution >= 4 is 23.4 Å². The predicted molar refractivity (Wildman–Crippen MR) is 69.5 cm³/mol. The van der Waals surface area contributed by atoms with Crippen LogP contribution in [0.1, 0.15) is 24.8 Å². The Labute approximate surface area is 105 Å². The molecule has 1 aromatic carbocycles. The van der Waals surface area contributed by atoms with Gasteiger partial charge in [0.05, 0.1) is 17.0 Å². The number of hydrogen-bond acceptors (Lipinski definition) is 3. The molecular weight excluding hydrogens is 242 g/mol. The van der Waals surface area contributed by atoms with Crippen molar-refractivity contribution in [2.75, 3.05) is 13.4 Å². The summed E-state index contributed by atoms with van der Waals surface area (Å²) < 4.78 is 5.29. The van der Waals surface area contributed by atoms with Crippen LogP contribution in [0.5, 0.6) is 5.75 Å². The van der Waals surface area contributed by atoms with Crippen LogP contribution in [0, 0.1) is 0 Å². The highest BCUT2D eigenvalue weighted by Crippen LogP contribution is 2.44. The van der Waals surface area contributed by atoms with E-state index in [9.17, 15) is 0 Å². The molecule has 0 aliphatic heterocycles. The molecule has 1 aromatic rings. The summed E-state index contributed by atoms with van der Waals surface area (Å²) in [6.45, 7) is 0. The molecule has 0 amide bonds. The van der Waals surface area contributed by atoms with E-state index in [1.54, 1.807) is 18.9 Å². The molecule has 4 heteroatoms. The van der Waals surface area contributed by atoms with E-state index in [1.165, 1.54) is 6.42 Å². The Hall–Kier alpha value is -0.380. The van der Waals surface area contributed by atoms with Gasteiger partial charge in [0.15, 0.2) is 5.75 Å². The number of methoxy groups -OCH3 is 1. The summed E-state index contributed by atoms with van der Waals surface area (Å²) in [5.41, 5.74) is 7.27. The number of thioether (sulfide) groups is 1. The minimum Gasteiger partial charge on any atom is -0.494 e. The summed E-state index contributed by atoms with van der Waals surface area (Å²) in [5.74, 6) is 0.751. The van der Waals surface area contributed by atoms with Gasteiger partial charge in [-0.1, -0.05) is 11.6 Å². The van der Waals surface area contributed by atoms with Crippen molar-refractivity contribution in [3.05, 3.63) is 22.7 Å². The van der Waals surface area contributed by atoms with Crippen molar-refractivity contribution in [3.63, 3.8) is 0 Å². The van der Waals surface area contributed by atoms with Crippen LogP contribution >= 0.6 is 23.4 Å². The third kappa shape index (κ3) is 1.92. The van der Waals surface area contributed by atoms with Gasteiger partial charge in [0, 0.05) is 5.54 Å². The average Bonchev–Trinajstić information content (AvgIpc) is 2.24. The molecule has 0 aromatic heterocycles. The zero-order valence-electron chi connectivity index (χ0n) is 9.55. The van der Waals surface area contributed by atoms with Gasteiger partial charge in [-0.2, -0.15) is 0 Å². The fourth-order valence-electron chi connectivity index (χ4n) is 2.05. The largest absolute Gasteiger partial charge is 0.494 e. The Morgan fingerprint density at radius 2 is 2.12 bits per heavy atom. The van der Waals surface area contributed by atoms with E-state index in [-0.39, 0.29) is 5.54 Å². The van der Waals surface area contributed by atoms with E-state index in [0.29, 0.717) is 5.02 Å². The molecule has 88 valence electrons. The minimum absolute atomic E-state index is 0.166. The number of nitrogens with two attached hydrogens (primary N) is 1. The molecule has 2 rings (SSSR count). The molecule has 1 fully saturated rings. The van der Waals surface area contributed by atoms with E-state index in [4.69, 9.17) is 22.1 Å². The molecule has 2 N–H and O–H groups in total. The number of hydrogen-bond donors (Lipinski definition) is 1. The van der Waals surface area contributed by atoms with Crippen LogP contribution in [0.3, 0.4) is 0 Å². The van der Waals surface area contributed by atoms with Crippen LogP contribution in [0.25, 0.3) is 0 Å². The number of halogens is 1. The fraction of sp³-hybridized carbons (Fsp3) is 0.500. The fourth-order valence-corrected chi connectivity index (χ4v) is 3.03. The van der Waals surface area contributed by atoms with Crippen molar-refractivity contribution in [1.82, 2.24) is 0 Å². The number of ether oxygens (including phenoxy) is 1. The Kier molecular flexibility index (Phi) is 3.38. The monoisotopic (exact) mass is 257 g/mol. The molecule has 1 saturated carbocycles. The molecule has 0 spiro atoms. The lowest BCUT2D eigenvalue weighted by Crippen LogP contribution is -2.43. The summed E-state index contributed by atoms with van der Waals surface area (Å²) in [5, 5.41) is 0.654. The smallest absolute Gasteiger partial charge is 0.150 e. The summed E-state index contributed by atoms with van der Waals surface area (Å²) in [6.07, 6.45) is 5.31. The third-order valence-corrected chi connectivity index (χ3v) is 4.28. The van der Waals surface area contributed by atoms with Crippen LogP contribution in [-0.2, 0) is 5.54 Å². The van der Waals surface area contributed by atoms with Gasteiger partial charge >= 0.3 is 0 Å². The van der Waals surface area contributed by atoms with Gasteiger partial charge in [0.1, 0.15) is 0 Å². The van der Waals surface area contributed by atoms with Gasteiger partial charge in [-0.3, -0.25) is 0 Å². The lowest BCUT2D eigenvalue weighted by Gasteiger charge is -2.39. The van der Waals surface area contributed by atoms with Gasteiger partial charge in [-0.25, -0.2) is 0 Å². The van der Waals surface area contributed by atoms with Crippen molar-refractivity contribution in [1.29, 1.82) is 0 Å². The van der Waals surface area contributed by atoms with Crippen molar-refractivity contribution in [2.45, 2.75) is 29.7 Å². The van der Waals surface area contributed by atoms with E-state index in [2.05, 4.69) is 6.07 Å². The van der Waals surface area contributed by atoms with Crippen LogP contribution in [0.15, 0.2) is 17.0 Å². The second-order valence-corrected chi connectivity index (χ2v) is 5.46. The van der Waals surface area contributed by atoms with Crippen LogP contribution in [-0.4, -0.2) is 13.4 Å². The van der Waals surface area contributed by atoms with Gasteiger partial charge in [-0.05, 0) is 43.2 Å². The zero-order chi connectivity index (χ0) is 11.8. The van der Waals surface area contributed by atoms with Crippen molar-refractivity contribution in [2.24, 2.45) is 5.73 Å². The first kappa shape index (κ1) is 12.1. The third-order valence-electron chi connectivity index (χ3n) is 3.25. The van der Waals surface area contributed by atoms with E-state index < -0.39 is 0 Å². The molecule has 0 radical (unpaired) electrons. The maximum Gasteiger partial charge on any atom is 0.150 e. The number of benzene rings is 1. The van der Waals surface area contributed by atoms with Crippen LogP contribution in [0.2, 0.25) is 5.02 Å². The maximum absolute atomic E-state index is 6.30. The Morgan fingerprint density at radius 1 is 1.44 bits per heavy atom. The molecule has 0 atom stereocenters. The van der Waals surface area contributed by atoms with Gasteiger partial charge < -0.3 is 10.5 Å². The second-order valence-electron chi connectivity index (χ2n) is 4.20. The molecule has 0 bridgehead atoms. The maximum atomic E-state index is 6.30. The van der Waals surface area contributed by atoms with Crippen molar-refractivity contribution < 1.29 is 4.74 Å². The molecule has 1 aliphatic carbocycles. The van der Waals surface area contributed by atoms with Gasteiger partial charge in [0.2, 0.25) is 0 Å². The molecule has 2 nitrogen and oxygen atoms in total. The molecule has 1 aliphatic rings. The van der Waals surface area contributed by atoms with Gasteiger partial charge in [-0.15, -0.1) is 11.8 Å². The standard InChI is InChI=1S/C12H16ClNOS/c1-15-11-9(13)6-8(7-10(11)16-2)12(14)4-3-5-12/h6-7H,3-5,14H2,1-2H3. The predicted octanol–water partition coefficient (Wildman–Crippen LogP) is 3.41. The SMILES string of the molecule is COc1c(Cl)cc(C2(N)CCC2)cc1SC. The molecule has 0 unspecified atom stereocenters. The Morgan fingerprint density at radius 3 is 2.56 bits per heavy atom. The zero-order valence-corrected chi connectivity index (χ0v) is 11.1. The number of rotatable bonds is 3. The Bertz CT molecular complexity index is 404. The lowest BCUT2D eigenvalue weighted by atomic mass is 9.73. The quantitative estimate of drug-likeness (QED) is 0.843. The molecule has 0 heterocycles. The summed E-state index contributed by atoms with van der Waals surface area (Å²) >= 11 is 7.84. The lowest BCUT2D eigenvalue weighted by molar-refractivity contribution is 0.253. The average molecular weight is 258 g/mol. The van der Waals surface area contributed by atoms with Crippen LogP contribution in [0.4, 0.5) is 0 Å². The highest BCUT2D eigenvalue weighted by atomic mass is 35.5. The molecular formula is C12H16ClNOS. The van der Waals surface area contributed by atoms with E-state index in [0.717, 1.165) is 29.1 Å². The van der Waals surface area contributed by atoms with Crippen molar-refractivity contribution in [3.8, 4) is 5.75 Å². The highest BCUT2D eigenvalue weighted by molar-refractivity contribution is 7.98. The first-order valence-electron chi connectivity index (χ1n) is 5.31. The first-order valence-corrected chi connectivity index (χ1v) is 6.92. The molecule has 0 saturated heterocycles. The first-order chi connectivity index (χ1) is 7.60. The molecule has 16 heavy (non-hydrogen) atoms. The highest BCUT2D eigenvalue weighted by Gasteiger charge is 2.35. The van der Waals surface area contributed by atoms with E-state index in [1.807, 2.05) is 12.3 Å².